The first-order chi connectivity index (χ1) is 13.3. The van der Waals surface area contributed by atoms with Crippen LogP contribution in [0.2, 0.25) is 5.15 Å². The third-order valence-corrected chi connectivity index (χ3v) is 3.49. The molecule has 2 heterocycles. The summed E-state index contributed by atoms with van der Waals surface area (Å²) in [5, 5.41) is 5.43. The number of carbonyl (C=O) groups is 1. The summed E-state index contributed by atoms with van der Waals surface area (Å²) in [4.78, 5) is 23.1. The molecule has 28 heavy (non-hydrogen) atoms. The van der Waals surface area contributed by atoms with Crippen LogP contribution in [0.15, 0.2) is 52.9 Å². The van der Waals surface area contributed by atoms with Crippen molar-refractivity contribution in [2.75, 3.05) is 6.54 Å². The van der Waals surface area contributed by atoms with Gasteiger partial charge in [-0.2, -0.15) is 13.2 Å². The highest BCUT2D eigenvalue weighted by Gasteiger charge is 2.37. The largest absolute Gasteiger partial charge is 0.455 e. The van der Waals surface area contributed by atoms with Gasteiger partial charge in [-0.05, 0) is 35.3 Å². The van der Waals surface area contributed by atoms with E-state index in [9.17, 15) is 18.0 Å². The van der Waals surface area contributed by atoms with Gasteiger partial charge in [0.2, 0.25) is 0 Å². The average Bonchev–Trinajstić information content (AvgIpc) is 2.65. The van der Waals surface area contributed by atoms with Crippen LogP contribution in [0.5, 0.6) is 0 Å². The van der Waals surface area contributed by atoms with Gasteiger partial charge in [-0.3, -0.25) is 4.84 Å². The number of hydrogen-bond acceptors (Lipinski definition) is 4. The zero-order valence-electron chi connectivity index (χ0n) is 14.8. The minimum Gasteiger partial charge on any atom is -0.328 e. The fourth-order valence-corrected chi connectivity index (χ4v) is 2.10. The molecule has 0 fully saturated rings. The number of amides is 1. The Morgan fingerprint density at radius 1 is 1.32 bits per heavy atom. The monoisotopic (exact) mass is 415 g/mol. The van der Waals surface area contributed by atoms with E-state index in [-0.39, 0.29) is 18.6 Å². The molecule has 2 rings (SSSR count). The predicted molar refractivity (Wildman–Crippen MR) is 96.6 cm³/mol. The highest BCUT2D eigenvalue weighted by atomic mass is 35.5. The molecule has 1 amide bonds. The molecule has 2 aromatic heterocycles. The zero-order chi connectivity index (χ0) is 20.6. The molecule has 2 aromatic rings. The Morgan fingerprint density at radius 3 is 2.75 bits per heavy atom. The van der Waals surface area contributed by atoms with Gasteiger partial charge in [0.25, 0.3) is 5.84 Å². The standard InChI is InChI=1S/C17H17ClF3N5O2/c1-2-8-22-16(27)28-25-15(17(19,20)21)24-14-5-3-4-9-26(14)11-12-6-7-13(18)23-10-12/h3-7,9-10H,2,8,11H2,1H3,(H,22,27)/b24-14+,25-15?. The van der Waals surface area contributed by atoms with E-state index in [1.165, 1.54) is 22.9 Å². The van der Waals surface area contributed by atoms with E-state index in [4.69, 9.17) is 11.6 Å². The normalized spacial score (nSPS) is 12.8. The van der Waals surface area contributed by atoms with E-state index in [0.29, 0.717) is 17.1 Å². The highest BCUT2D eigenvalue weighted by molar-refractivity contribution is 6.29. The third-order valence-electron chi connectivity index (χ3n) is 3.27. The Labute approximate surface area is 163 Å². The number of oxime groups is 1. The fourth-order valence-electron chi connectivity index (χ4n) is 1.99. The van der Waals surface area contributed by atoms with Gasteiger partial charge in [-0.1, -0.05) is 30.7 Å². The molecule has 11 heteroatoms. The van der Waals surface area contributed by atoms with Gasteiger partial charge >= 0.3 is 12.3 Å². The van der Waals surface area contributed by atoms with Crippen LogP contribution in [-0.2, 0) is 11.4 Å². The number of amidine groups is 1. The van der Waals surface area contributed by atoms with Crippen LogP contribution in [0.4, 0.5) is 18.0 Å². The quantitative estimate of drug-likeness (QED) is 0.267. The summed E-state index contributed by atoms with van der Waals surface area (Å²) in [6.07, 6.45) is -2.35. The highest BCUT2D eigenvalue weighted by Crippen LogP contribution is 2.18. The predicted octanol–water partition coefficient (Wildman–Crippen LogP) is 3.50. The molecule has 150 valence electrons. The van der Waals surface area contributed by atoms with Gasteiger partial charge in [0.15, 0.2) is 0 Å². The molecule has 0 bridgehead atoms. The maximum Gasteiger partial charge on any atom is 0.455 e. The molecule has 0 radical (unpaired) electrons. The molecule has 1 N–H and O–H groups in total. The van der Waals surface area contributed by atoms with Crippen molar-refractivity contribution < 1.29 is 22.8 Å². The number of pyridine rings is 2. The minimum absolute atomic E-state index is 0.0360. The maximum absolute atomic E-state index is 13.2. The lowest BCUT2D eigenvalue weighted by Gasteiger charge is -2.09. The van der Waals surface area contributed by atoms with E-state index in [1.807, 2.05) is 0 Å². The second-order valence-corrected chi connectivity index (χ2v) is 5.89. The number of aromatic nitrogens is 2. The summed E-state index contributed by atoms with van der Waals surface area (Å²) in [6, 6.07) is 7.81. The molecule has 0 aliphatic carbocycles. The van der Waals surface area contributed by atoms with Gasteiger partial charge in [0, 0.05) is 18.9 Å². The summed E-state index contributed by atoms with van der Waals surface area (Å²) < 4.78 is 41.2. The summed E-state index contributed by atoms with van der Waals surface area (Å²) in [5.74, 6) is -1.59. The summed E-state index contributed by atoms with van der Waals surface area (Å²) >= 11 is 5.73. The molecule has 0 saturated heterocycles. The van der Waals surface area contributed by atoms with Crippen molar-refractivity contribution in [3.05, 3.63) is 58.9 Å². The van der Waals surface area contributed by atoms with E-state index in [0.717, 1.165) is 0 Å². The summed E-state index contributed by atoms with van der Waals surface area (Å²) in [5.41, 5.74) is 0.670. The van der Waals surface area contributed by atoms with Crippen molar-refractivity contribution in [3.63, 3.8) is 0 Å². The molecule has 0 unspecified atom stereocenters. The Bertz CT molecular complexity index is 895. The van der Waals surface area contributed by atoms with Crippen LogP contribution < -0.4 is 10.8 Å². The van der Waals surface area contributed by atoms with Crippen LogP contribution in [0.25, 0.3) is 0 Å². The summed E-state index contributed by atoms with van der Waals surface area (Å²) in [7, 11) is 0. The van der Waals surface area contributed by atoms with Gasteiger partial charge in [-0.25, -0.2) is 14.8 Å². The molecule has 0 atom stereocenters. The van der Waals surface area contributed by atoms with Crippen molar-refractivity contribution in [1.82, 2.24) is 14.9 Å². The van der Waals surface area contributed by atoms with Crippen molar-refractivity contribution in [3.8, 4) is 0 Å². The molecule has 0 saturated carbocycles. The smallest absolute Gasteiger partial charge is 0.328 e. The van der Waals surface area contributed by atoms with Gasteiger partial charge in [-0.15, -0.1) is 0 Å². The number of rotatable bonds is 5. The second-order valence-electron chi connectivity index (χ2n) is 5.51. The first-order valence-electron chi connectivity index (χ1n) is 8.20. The zero-order valence-corrected chi connectivity index (χ0v) is 15.5. The third kappa shape index (κ3) is 6.69. The second kappa shape index (κ2) is 9.88. The van der Waals surface area contributed by atoms with Gasteiger partial charge < -0.3 is 9.88 Å². The van der Waals surface area contributed by atoms with E-state index in [2.05, 4.69) is 25.3 Å². The number of nitrogens with one attached hydrogen (secondary N) is 1. The van der Waals surface area contributed by atoms with Crippen molar-refractivity contribution in [1.29, 1.82) is 0 Å². The van der Waals surface area contributed by atoms with Crippen molar-refractivity contribution >= 4 is 23.5 Å². The number of alkyl halides is 3. The van der Waals surface area contributed by atoms with Crippen LogP contribution in [0.3, 0.4) is 0 Å². The van der Waals surface area contributed by atoms with Crippen molar-refractivity contribution in [2.24, 2.45) is 10.1 Å². The minimum atomic E-state index is -4.92. The average molecular weight is 416 g/mol. The Hall–Kier alpha value is -2.88. The molecule has 0 aromatic carbocycles. The Kier molecular flexibility index (Phi) is 7.56. The Morgan fingerprint density at radius 2 is 2.11 bits per heavy atom. The van der Waals surface area contributed by atoms with Gasteiger partial charge in [0.1, 0.15) is 10.6 Å². The van der Waals surface area contributed by atoms with Crippen LogP contribution in [-0.4, -0.2) is 34.2 Å². The molecular weight excluding hydrogens is 399 g/mol. The number of carbonyl (C=O) groups excluding carboxylic acids is 1. The maximum atomic E-state index is 13.2. The molecule has 0 spiro atoms. The lowest BCUT2D eigenvalue weighted by Crippen LogP contribution is -2.29. The van der Waals surface area contributed by atoms with E-state index in [1.54, 1.807) is 31.3 Å². The fraction of sp³-hybridized carbons (Fsp3) is 0.294. The SMILES string of the molecule is CCCNC(=O)ON=C(/N=c1\ccccn1Cc1ccc(Cl)nc1)C(F)(F)F. The topological polar surface area (TPSA) is 80.9 Å². The molecular formula is C17H17ClF3N5O2. The number of nitrogens with zero attached hydrogens (tertiary/aromatic N) is 4. The molecule has 0 aliphatic rings. The van der Waals surface area contributed by atoms with E-state index < -0.39 is 18.1 Å². The van der Waals surface area contributed by atoms with Crippen LogP contribution in [0, 0.1) is 0 Å². The summed E-state index contributed by atoms with van der Waals surface area (Å²) in [6.45, 7) is 2.23. The first-order valence-corrected chi connectivity index (χ1v) is 8.58. The van der Waals surface area contributed by atoms with Crippen LogP contribution in [0.1, 0.15) is 18.9 Å². The first kappa shape index (κ1) is 21.4. The molecule has 7 nitrogen and oxygen atoms in total. The number of halogens is 4. The van der Waals surface area contributed by atoms with Gasteiger partial charge in [0.05, 0.1) is 6.54 Å². The van der Waals surface area contributed by atoms with Crippen molar-refractivity contribution in [2.45, 2.75) is 26.1 Å². The number of hydrogen-bond donors (Lipinski definition) is 1. The van der Waals surface area contributed by atoms with E-state index >= 15 is 0 Å². The lowest BCUT2D eigenvalue weighted by molar-refractivity contribution is -0.0622. The lowest BCUT2D eigenvalue weighted by atomic mass is 10.3. The molecule has 0 aliphatic heterocycles. The van der Waals surface area contributed by atoms with Crippen LogP contribution >= 0.6 is 11.6 Å². The Balaban J connectivity index is 2.33.